The lowest BCUT2D eigenvalue weighted by Gasteiger charge is -2.27. The number of fused-ring (bicyclic) bond motifs is 1. The third-order valence-corrected chi connectivity index (χ3v) is 4.12. The molecule has 2 heterocycles. The first kappa shape index (κ1) is 14.5. The number of nitrogens with one attached hydrogen (secondary N) is 1. The van der Waals surface area contributed by atoms with Crippen LogP contribution in [0.1, 0.15) is 36.0 Å². The van der Waals surface area contributed by atoms with Crippen LogP contribution in [-0.4, -0.2) is 39.6 Å². The first-order chi connectivity index (χ1) is 10.7. The maximum Gasteiger partial charge on any atom is 0.308 e. The second-order valence-electron chi connectivity index (χ2n) is 5.49. The molecule has 7 heteroatoms. The van der Waals surface area contributed by atoms with E-state index in [0.29, 0.717) is 11.2 Å². The van der Waals surface area contributed by atoms with Gasteiger partial charge in [0.25, 0.3) is 5.91 Å². The Bertz CT molecular complexity index is 689. The van der Waals surface area contributed by atoms with Crippen molar-refractivity contribution >= 4 is 17.5 Å². The molecule has 0 atom stereocenters. The first-order valence-corrected chi connectivity index (χ1v) is 7.36. The highest BCUT2D eigenvalue weighted by Gasteiger charge is 2.28. The zero-order chi connectivity index (χ0) is 15.5. The molecule has 7 nitrogen and oxygen atoms in total. The average Bonchev–Trinajstić information content (AvgIpc) is 2.99. The lowest BCUT2D eigenvalue weighted by Crippen LogP contribution is -2.38. The van der Waals surface area contributed by atoms with Crippen LogP contribution in [0.15, 0.2) is 24.7 Å². The molecule has 0 radical (unpaired) electrons. The van der Waals surface area contributed by atoms with Crippen molar-refractivity contribution in [1.82, 2.24) is 19.9 Å². The number of ether oxygens (including phenoxy) is 1. The third-order valence-electron chi connectivity index (χ3n) is 4.12. The number of aromatic nitrogens is 3. The summed E-state index contributed by atoms with van der Waals surface area (Å²) in [6.07, 6.45) is 7.94. The van der Waals surface area contributed by atoms with Gasteiger partial charge in [-0.05, 0) is 31.7 Å². The molecule has 1 saturated carbocycles. The Hall–Kier alpha value is -2.44. The van der Waals surface area contributed by atoms with Gasteiger partial charge in [0.1, 0.15) is 5.56 Å². The molecule has 1 aliphatic carbocycles. The Morgan fingerprint density at radius 2 is 2.09 bits per heavy atom. The number of carbonyl (C=O) groups excluding carboxylic acids is 2. The fraction of sp³-hybridized carbons (Fsp3) is 0.467. The summed E-state index contributed by atoms with van der Waals surface area (Å²) in [4.78, 5) is 28.0. The van der Waals surface area contributed by atoms with E-state index in [-0.39, 0.29) is 23.8 Å². The largest absolute Gasteiger partial charge is 0.469 e. The second kappa shape index (κ2) is 6.13. The lowest BCUT2D eigenvalue weighted by atomic mass is 9.86. The molecule has 116 valence electrons. The van der Waals surface area contributed by atoms with E-state index < -0.39 is 0 Å². The van der Waals surface area contributed by atoms with Gasteiger partial charge in [-0.3, -0.25) is 9.59 Å². The minimum Gasteiger partial charge on any atom is -0.469 e. The van der Waals surface area contributed by atoms with Crippen molar-refractivity contribution in [3.05, 3.63) is 30.2 Å². The maximum atomic E-state index is 12.4. The number of nitrogens with zero attached hydrogens (tertiary/aromatic N) is 3. The Kier molecular flexibility index (Phi) is 4.04. The summed E-state index contributed by atoms with van der Waals surface area (Å²) in [5.74, 6) is -0.372. The number of esters is 1. The van der Waals surface area contributed by atoms with Crippen LogP contribution in [-0.2, 0) is 9.53 Å². The number of hydrogen-bond donors (Lipinski definition) is 1. The first-order valence-electron chi connectivity index (χ1n) is 7.36. The maximum absolute atomic E-state index is 12.4. The fourth-order valence-corrected chi connectivity index (χ4v) is 2.89. The summed E-state index contributed by atoms with van der Waals surface area (Å²) in [6.45, 7) is 0. The van der Waals surface area contributed by atoms with Gasteiger partial charge in [-0.2, -0.15) is 5.10 Å². The standard InChI is InChI=1S/C15H18N4O3/c1-22-15(21)10-3-5-11(6-4-10)18-14(20)12-9-17-19-8-2-7-16-13(12)19/h2,7-11H,3-6H2,1H3,(H,18,20). The van der Waals surface area contributed by atoms with Crippen LogP contribution in [0.25, 0.3) is 5.65 Å². The van der Waals surface area contributed by atoms with E-state index in [0.717, 1.165) is 25.7 Å². The molecule has 1 fully saturated rings. The molecule has 0 saturated heterocycles. The van der Waals surface area contributed by atoms with Crippen LogP contribution in [0.4, 0.5) is 0 Å². The van der Waals surface area contributed by atoms with Gasteiger partial charge in [0, 0.05) is 18.4 Å². The topological polar surface area (TPSA) is 85.6 Å². The molecule has 2 aromatic heterocycles. The highest BCUT2D eigenvalue weighted by Crippen LogP contribution is 2.25. The Morgan fingerprint density at radius 3 is 2.82 bits per heavy atom. The van der Waals surface area contributed by atoms with E-state index in [1.54, 1.807) is 23.0 Å². The van der Waals surface area contributed by atoms with Crippen LogP contribution in [0.2, 0.25) is 0 Å². The smallest absolute Gasteiger partial charge is 0.308 e. The molecule has 22 heavy (non-hydrogen) atoms. The van der Waals surface area contributed by atoms with Crippen molar-refractivity contribution in [2.45, 2.75) is 31.7 Å². The molecule has 0 unspecified atom stereocenters. The van der Waals surface area contributed by atoms with Gasteiger partial charge < -0.3 is 10.1 Å². The summed E-state index contributed by atoms with van der Waals surface area (Å²) in [7, 11) is 1.41. The second-order valence-corrected chi connectivity index (χ2v) is 5.49. The average molecular weight is 302 g/mol. The molecule has 3 rings (SSSR count). The van der Waals surface area contributed by atoms with Gasteiger partial charge in [0.15, 0.2) is 5.65 Å². The van der Waals surface area contributed by atoms with E-state index in [4.69, 9.17) is 4.74 Å². The Balaban J connectivity index is 1.62. The van der Waals surface area contributed by atoms with Crippen molar-refractivity contribution < 1.29 is 14.3 Å². The van der Waals surface area contributed by atoms with Gasteiger partial charge in [-0.15, -0.1) is 0 Å². The van der Waals surface area contributed by atoms with Crippen molar-refractivity contribution in [3.63, 3.8) is 0 Å². The van der Waals surface area contributed by atoms with Gasteiger partial charge in [-0.1, -0.05) is 0 Å². The third kappa shape index (κ3) is 2.79. The normalized spacial score (nSPS) is 21.5. The predicted molar refractivity (Wildman–Crippen MR) is 78.2 cm³/mol. The minimum absolute atomic E-state index is 0.0446. The minimum atomic E-state index is -0.171. The number of amides is 1. The number of carbonyl (C=O) groups is 2. The SMILES string of the molecule is COC(=O)C1CCC(NC(=O)c2cnn3cccnc23)CC1. The summed E-state index contributed by atoms with van der Waals surface area (Å²) in [5.41, 5.74) is 1.01. The van der Waals surface area contributed by atoms with Gasteiger partial charge in [-0.25, -0.2) is 9.50 Å². The number of methoxy groups -OCH3 is 1. The monoisotopic (exact) mass is 302 g/mol. The van der Waals surface area contributed by atoms with Crippen molar-refractivity contribution in [3.8, 4) is 0 Å². The summed E-state index contributed by atoms with van der Waals surface area (Å²) < 4.78 is 6.34. The van der Waals surface area contributed by atoms with E-state index in [2.05, 4.69) is 15.4 Å². The quantitative estimate of drug-likeness (QED) is 0.861. The van der Waals surface area contributed by atoms with Crippen molar-refractivity contribution in [1.29, 1.82) is 0 Å². The predicted octanol–water partition coefficient (Wildman–Crippen LogP) is 1.19. The molecule has 2 aromatic rings. The molecule has 0 spiro atoms. The van der Waals surface area contributed by atoms with Crippen LogP contribution < -0.4 is 5.32 Å². The molecular weight excluding hydrogens is 284 g/mol. The molecule has 0 bridgehead atoms. The fourth-order valence-electron chi connectivity index (χ4n) is 2.89. The van der Waals surface area contributed by atoms with Crippen LogP contribution in [0.3, 0.4) is 0 Å². The molecule has 1 amide bonds. The summed E-state index contributed by atoms with van der Waals surface area (Å²) >= 11 is 0. The summed E-state index contributed by atoms with van der Waals surface area (Å²) in [6, 6.07) is 1.84. The summed E-state index contributed by atoms with van der Waals surface area (Å²) in [5, 5.41) is 7.12. The highest BCUT2D eigenvalue weighted by atomic mass is 16.5. The van der Waals surface area contributed by atoms with Crippen molar-refractivity contribution in [2.75, 3.05) is 7.11 Å². The van der Waals surface area contributed by atoms with E-state index in [1.165, 1.54) is 13.3 Å². The van der Waals surface area contributed by atoms with E-state index in [1.807, 2.05) is 0 Å². The molecule has 0 aromatic carbocycles. The van der Waals surface area contributed by atoms with Gasteiger partial charge in [0.2, 0.25) is 0 Å². The van der Waals surface area contributed by atoms with Gasteiger partial charge in [0.05, 0.1) is 19.2 Å². The Morgan fingerprint density at radius 1 is 1.32 bits per heavy atom. The zero-order valence-corrected chi connectivity index (χ0v) is 12.4. The lowest BCUT2D eigenvalue weighted by molar-refractivity contribution is -0.146. The van der Waals surface area contributed by atoms with Crippen LogP contribution >= 0.6 is 0 Å². The molecule has 1 aliphatic rings. The van der Waals surface area contributed by atoms with E-state index in [9.17, 15) is 9.59 Å². The Labute approximate surface area is 127 Å². The van der Waals surface area contributed by atoms with E-state index >= 15 is 0 Å². The van der Waals surface area contributed by atoms with Gasteiger partial charge >= 0.3 is 5.97 Å². The molecule has 1 N–H and O–H groups in total. The molecular formula is C15H18N4O3. The highest BCUT2D eigenvalue weighted by molar-refractivity contribution is 5.99. The number of hydrogen-bond acceptors (Lipinski definition) is 5. The van der Waals surface area contributed by atoms with Crippen LogP contribution in [0.5, 0.6) is 0 Å². The zero-order valence-electron chi connectivity index (χ0n) is 12.4. The molecule has 0 aliphatic heterocycles. The van der Waals surface area contributed by atoms with Crippen LogP contribution in [0, 0.1) is 5.92 Å². The van der Waals surface area contributed by atoms with Crippen molar-refractivity contribution in [2.24, 2.45) is 5.92 Å². The number of rotatable bonds is 3.